The second-order valence-electron chi connectivity index (χ2n) is 9.16. The van der Waals surface area contributed by atoms with Gasteiger partial charge in [-0.15, -0.1) is 0 Å². The molecule has 1 amide bonds. The number of hydrogen-bond acceptors (Lipinski definition) is 7. The second-order valence-corrected chi connectivity index (χ2v) is 9.16. The van der Waals surface area contributed by atoms with E-state index in [0.717, 1.165) is 42.1 Å². The first kappa shape index (κ1) is 22.9. The summed E-state index contributed by atoms with van der Waals surface area (Å²) in [6, 6.07) is 15.8. The van der Waals surface area contributed by atoms with Crippen LogP contribution in [0.1, 0.15) is 33.1 Å². The van der Waals surface area contributed by atoms with Crippen LogP contribution in [0.5, 0.6) is 5.88 Å². The van der Waals surface area contributed by atoms with Crippen molar-refractivity contribution in [3.8, 4) is 11.6 Å². The Labute approximate surface area is 213 Å². The average molecular weight is 495 g/mol. The van der Waals surface area contributed by atoms with Crippen LogP contribution in [0.2, 0.25) is 0 Å². The fourth-order valence-electron chi connectivity index (χ4n) is 4.60. The Bertz CT molecular complexity index is 1570. The van der Waals surface area contributed by atoms with Gasteiger partial charge in [-0.3, -0.25) is 9.69 Å². The van der Waals surface area contributed by atoms with E-state index in [2.05, 4.69) is 25.3 Å². The highest BCUT2D eigenvalue weighted by atomic mass is 16.5. The van der Waals surface area contributed by atoms with Crippen molar-refractivity contribution in [3.05, 3.63) is 95.7 Å². The van der Waals surface area contributed by atoms with Gasteiger partial charge < -0.3 is 10.1 Å². The second kappa shape index (κ2) is 9.47. The minimum atomic E-state index is -0.285. The predicted octanol–water partition coefficient (Wildman–Crippen LogP) is 3.48. The van der Waals surface area contributed by atoms with Crippen molar-refractivity contribution >= 4 is 17.4 Å². The van der Waals surface area contributed by atoms with Gasteiger partial charge in [-0.1, -0.05) is 23.8 Å². The van der Waals surface area contributed by atoms with E-state index < -0.39 is 0 Å². The maximum Gasteiger partial charge on any atom is 0.262 e. The van der Waals surface area contributed by atoms with E-state index in [0.29, 0.717) is 22.9 Å². The number of carbonyl (C=O) groups is 1. The zero-order valence-corrected chi connectivity index (χ0v) is 20.6. The molecular weight excluding hydrogens is 468 g/mol. The quantitative estimate of drug-likeness (QED) is 0.370. The molecule has 4 aromatic heterocycles. The van der Waals surface area contributed by atoms with Crippen molar-refractivity contribution in [3.63, 3.8) is 0 Å². The van der Waals surface area contributed by atoms with Gasteiger partial charge >= 0.3 is 0 Å². The molecule has 5 heterocycles. The van der Waals surface area contributed by atoms with Crippen molar-refractivity contribution in [2.75, 3.05) is 25.5 Å². The Balaban J connectivity index is 1.24. The van der Waals surface area contributed by atoms with Gasteiger partial charge in [0, 0.05) is 55.8 Å². The lowest BCUT2D eigenvalue weighted by atomic mass is 9.96. The normalized spacial score (nSPS) is 14.0. The molecule has 0 atom stereocenters. The van der Waals surface area contributed by atoms with Crippen molar-refractivity contribution in [1.29, 1.82) is 0 Å². The Morgan fingerprint density at radius 1 is 1.11 bits per heavy atom. The van der Waals surface area contributed by atoms with Crippen LogP contribution >= 0.6 is 0 Å². The average Bonchev–Trinajstić information content (AvgIpc) is 3.51. The summed E-state index contributed by atoms with van der Waals surface area (Å²) in [7, 11) is 1.64. The maximum absolute atomic E-state index is 13.2. The number of hydrogen-bond donors (Lipinski definition) is 1. The molecule has 1 aliphatic heterocycles. The maximum atomic E-state index is 13.2. The molecule has 10 nitrogen and oxygen atoms in total. The van der Waals surface area contributed by atoms with E-state index in [-0.39, 0.29) is 11.8 Å². The molecule has 0 radical (unpaired) electrons. The Morgan fingerprint density at radius 2 is 1.92 bits per heavy atom. The molecule has 186 valence electrons. The smallest absolute Gasteiger partial charge is 0.262 e. The zero-order chi connectivity index (χ0) is 25.4. The van der Waals surface area contributed by atoms with E-state index in [4.69, 9.17) is 9.84 Å². The van der Waals surface area contributed by atoms with Crippen LogP contribution in [0.25, 0.3) is 11.3 Å². The van der Waals surface area contributed by atoms with Gasteiger partial charge in [0.1, 0.15) is 11.4 Å². The number of anilines is 1. The van der Waals surface area contributed by atoms with Crippen LogP contribution in [0, 0.1) is 6.92 Å². The number of rotatable bonds is 7. The summed E-state index contributed by atoms with van der Waals surface area (Å²) >= 11 is 0. The van der Waals surface area contributed by atoms with Crippen molar-refractivity contribution < 1.29 is 9.53 Å². The number of carbonyl (C=O) groups excluding carboxylic acids is 1. The number of benzene rings is 1. The summed E-state index contributed by atoms with van der Waals surface area (Å²) in [6.45, 7) is 4.51. The molecule has 0 unspecified atom stereocenters. The lowest BCUT2D eigenvalue weighted by Gasteiger charge is -2.38. The standard InChI is InChI=1S/C27H26N8O2/c1-18-6-8-21(9-7-18)35-24(31-26(36)22-14-30-34-12-4-11-28-25(22)34)13-23(32-35)20-16-33(17-20)15-19-5-3-10-29-27(19)37-2/h3-14,20H,15-17H2,1-2H3,(H,31,36). The van der Waals surface area contributed by atoms with E-state index >= 15 is 0 Å². The number of aryl methyl sites for hydroxylation is 1. The van der Waals surface area contributed by atoms with Gasteiger partial charge in [-0.05, 0) is 31.2 Å². The van der Waals surface area contributed by atoms with Crippen LogP contribution in [0.4, 0.5) is 5.82 Å². The Morgan fingerprint density at radius 3 is 2.73 bits per heavy atom. The molecule has 10 heteroatoms. The first-order valence-corrected chi connectivity index (χ1v) is 12.1. The molecule has 0 aliphatic carbocycles. The number of nitrogens with zero attached hydrogens (tertiary/aromatic N) is 7. The van der Waals surface area contributed by atoms with Crippen LogP contribution in [0.15, 0.2) is 73.3 Å². The highest BCUT2D eigenvalue weighted by Gasteiger charge is 2.32. The minimum Gasteiger partial charge on any atom is -0.481 e. The Hall–Kier alpha value is -4.57. The van der Waals surface area contributed by atoms with E-state index in [9.17, 15) is 4.79 Å². The monoisotopic (exact) mass is 494 g/mol. The SMILES string of the molecule is COc1ncccc1CN1CC(c2cc(NC(=O)c3cnn4cccnc34)n(-c3ccc(C)cc3)n2)C1. The summed E-state index contributed by atoms with van der Waals surface area (Å²) in [5.74, 6) is 1.23. The van der Waals surface area contributed by atoms with Crippen LogP contribution in [0.3, 0.4) is 0 Å². The molecule has 0 spiro atoms. The van der Waals surface area contributed by atoms with E-state index in [1.165, 1.54) is 6.20 Å². The third kappa shape index (κ3) is 4.43. The first-order valence-electron chi connectivity index (χ1n) is 12.1. The number of aromatic nitrogens is 6. The van der Waals surface area contributed by atoms with Crippen molar-refractivity contribution in [1.82, 2.24) is 34.3 Å². The van der Waals surface area contributed by atoms with E-state index in [1.807, 2.05) is 49.4 Å². The van der Waals surface area contributed by atoms with Gasteiger partial charge in [0.25, 0.3) is 5.91 Å². The van der Waals surface area contributed by atoms with Crippen LogP contribution in [-0.4, -0.2) is 60.4 Å². The van der Waals surface area contributed by atoms with Crippen molar-refractivity contribution in [2.24, 2.45) is 0 Å². The van der Waals surface area contributed by atoms with Gasteiger partial charge in [0.15, 0.2) is 5.65 Å². The molecular formula is C27H26N8O2. The van der Waals surface area contributed by atoms with Gasteiger partial charge in [-0.25, -0.2) is 19.2 Å². The molecule has 1 aliphatic rings. The highest BCUT2D eigenvalue weighted by molar-refractivity contribution is 6.07. The fraction of sp³-hybridized carbons (Fsp3) is 0.222. The number of pyridine rings is 1. The van der Waals surface area contributed by atoms with Crippen LogP contribution in [-0.2, 0) is 6.54 Å². The number of methoxy groups -OCH3 is 1. The minimum absolute atomic E-state index is 0.253. The number of likely N-dealkylation sites (tertiary alicyclic amines) is 1. The van der Waals surface area contributed by atoms with Gasteiger partial charge in [0.2, 0.25) is 5.88 Å². The number of fused-ring (bicyclic) bond motifs is 1. The fourth-order valence-corrected chi connectivity index (χ4v) is 4.60. The summed E-state index contributed by atoms with van der Waals surface area (Å²) in [5, 5.41) is 12.2. The third-order valence-corrected chi connectivity index (χ3v) is 6.59. The molecule has 0 saturated carbocycles. The number of nitrogens with one attached hydrogen (secondary N) is 1. The van der Waals surface area contributed by atoms with E-state index in [1.54, 1.807) is 41.0 Å². The molecule has 1 saturated heterocycles. The molecule has 1 N–H and O–H groups in total. The summed E-state index contributed by atoms with van der Waals surface area (Å²) < 4.78 is 8.76. The summed E-state index contributed by atoms with van der Waals surface area (Å²) in [5.41, 5.74) is 4.93. The largest absolute Gasteiger partial charge is 0.481 e. The lowest BCUT2D eigenvalue weighted by molar-refractivity contribution is 0.102. The molecule has 1 fully saturated rings. The zero-order valence-electron chi connectivity index (χ0n) is 20.6. The molecule has 37 heavy (non-hydrogen) atoms. The van der Waals surface area contributed by atoms with Gasteiger partial charge in [-0.2, -0.15) is 10.2 Å². The molecule has 1 aromatic carbocycles. The number of amides is 1. The molecule has 5 aromatic rings. The summed E-state index contributed by atoms with van der Waals surface area (Å²) in [4.78, 5) is 24.2. The van der Waals surface area contributed by atoms with Gasteiger partial charge in [0.05, 0.1) is 24.7 Å². The highest BCUT2D eigenvalue weighted by Crippen LogP contribution is 2.31. The van der Waals surface area contributed by atoms with Crippen molar-refractivity contribution in [2.45, 2.75) is 19.4 Å². The lowest BCUT2D eigenvalue weighted by Crippen LogP contribution is -2.44. The summed E-state index contributed by atoms with van der Waals surface area (Å²) in [6.07, 6.45) is 6.67. The first-order chi connectivity index (χ1) is 18.1. The molecule has 6 rings (SSSR count). The third-order valence-electron chi connectivity index (χ3n) is 6.59. The Kier molecular flexibility index (Phi) is 5.85. The molecule has 0 bridgehead atoms. The predicted molar refractivity (Wildman–Crippen MR) is 138 cm³/mol. The van der Waals surface area contributed by atoms with Crippen LogP contribution < -0.4 is 10.1 Å². The number of ether oxygens (including phenoxy) is 1. The topological polar surface area (TPSA) is 102 Å².